The van der Waals surface area contributed by atoms with E-state index in [1.54, 1.807) is 41.0 Å². The van der Waals surface area contributed by atoms with Crippen LogP contribution in [0.3, 0.4) is 0 Å². The molecule has 0 saturated carbocycles. The molecule has 8 rings (SSSR count). The van der Waals surface area contributed by atoms with Crippen LogP contribution in [-0.4, -0.2) is 122 Å². The molecule has 296 valence electrons. The second-order valence-electron chi connectivity index (χ2n) is 14.1. The first kappa shape index (κ1) is 41.7. The monoisotopic (exact) mass is 916 g/mol. The number of carbonyl (C=O) groups excluding carboxylic acids is 1. The van der Waals surface area contributed by atoms with Gasteiger partial charge in [0.05, 0.1) is 22.4 Å². The van der Waals surface area contributed by atoms with E-state index >= 15 is 4.39 Å². The van der Waals surface area contributed by atoms with E-state index in [0.717, 1.165) is 43.6 Å². The maximum absolute atomic E-state index is 16.6. The van der Waals surface area contributed by atoms with Crippen molar-refractivity contribution in [2.75, 3.05) is 51.0 Å². The summed E-state index contributed by atoms with van der Waals surface area (Å²) in [7, 11) is 3.14. The molecule has 2 N–H and O–H groups in total. The molecule has 0 spiro atoms. The van der Waals surface area contributed by atoms with E-state index in [4.69, 9.17) is 22.1 Å². The fourth-order valence-electron chi connectivity index (χ4n) is 8.02. The minimum absolute atomic E-state index is 0.0240. The zero-order chi connectivity index (χ0) is 40.3. The Morgan fingerprint density at radius 3 is 2.68 bits per heavy atom. The van der Waals surface area contributed by atoms with Crippen LogP contribution in [0.25, 0.3) is 32.1 Å². The molecule has 4 unspecified atom stereocenters. The third-order valence-corrected chi connectivity index (χ3v) is 12.1. The predicted molar refractivity (Wildman–Crippen MR) is 214 cm³/mol. The van der Waals surface area contributed by atoms with E-state index < -0.39 is 17.8 Å². The van der Waals surface area contributed by atoms with Crippen molar-refractivity contribution in [3.63, 3.8) is 0 Å². The number of hydrogen-bond acceptors (Lipinski definition) is 11. The predicted octanol–water partition coefficient (Wildman–Crippen LogP) is 7.49. The molecule has 3 aromatic heterocycles. The summed E-state index contributed by atoms with van der Waals surface area (Å²) in [6.07, 6.45) is 8.01. The molecule has 1 amide bonds. The van der Waals surface area contributed by atoms with Gasteiger partial charge in [0.1, 0.15) is 47.0 Å². The van der Waals surface area contributed by atoms with E-state index in [9.17, 15) is 18.8 Å². The summed E-state index contributed by atoms with van der Waals surface area (Å²) in [4.78, 5) is 33.6. The number of alkyl halides is 1. The number of halogens is 4. The molecule has 4 atom stereocenters. The zero-order valence-electron chi connectivity index (χ0n) is 31.6. The van der Waals surface area contributed by atoms with E-state index in [-0.39, 0.29) is 66.3 Å². The Hall–Kier alpha value is -3.90. The van der Waals surface area contributed by atoms with Gasteiger partial charge in [-0.15, -0.1) is 11.3 Å². The number of fused-ring (bicyclic) bond motifs is 3. The van der Waals surface area contributed by atoms with Gasteiger partial charge >= 0.3 is 39.9 Å². The Bertz CT molecular complexity index is 2230. The average Bonchev–Trinajstić information content (AvgIpc) is 4.01. The minimum atomic E-state index is -0.753. The average molecular weight is 918 g/mol. The number of nitrogens with zero attached hydrogens (tertiary/aromatic N) is 9. The molecule has 0 aliphatic carbocycles. The Labute approximate surface area is 346 Å². The molecular formula is C38H43ClF3N10O2SSb. The first-order valence-corrected chi connectivity index (χ1v) is 22.1. The molecule has 2 radical (unpaired) electrons. The number of hydrogen-bond donors (Lipinski definition) is 1. The summed E-state index contributed by atoms with van der Waals surface area (Å²) in [5.41, 5.74) is 6.26. The number of nitrogens with two attached hydrogens (primary N) is 1. The van der Waals surface area contributed by atoms with Gasteiger partial charge in [0.15, 0.2) is 5.82 Å². The van der Waals surface area contributed by atoms with Crippen molar-refractivity contribution in [3.05, 3.63) is 53.1 Å². The van der Waals surface area contributed by atoms with Crippen molar-refractivity contribution < 1.29 is 22.7 Å². The number of piperidine rings is 1. The summed E-state index contributed by atoms with van der Waals surface area (Å²) in [6, 6.07) is 6.42. The molecule has 18 heteroatoms. The molecule has 3 aliphatic heterocycles. The van der Waals surface area contributed by atoms with Gasteiger partial charge in [-0.1, -0.05) is 17.7 Å². The van der Waals surface area contributed by atoms with Crippen molar-refractivity contribution in [1.82, 2.24) is 34.5 Å². The van der Waals surface area contributed by atoms with Crippen LogP contribution in [0, 0.1) is 28.9 Å². The Morgan fingerprint density at radius 1 is 1.21 bits per heavy atom. The number of methoxy groups -OCH3 is 1. The first-order valence-electron chi connectivity index (χ1n) is 18.3. The molecular weight excluding hydrogens is 875 g/mol. The zero-order valence-corrected chi connectivity index (χ0v) is 35.7. The van der Waals surface area contributed by atoms with E-state index in [2.05, 4.69) is 34.7 Å². The van der Waals surface area contributed by atoms with Crippen molar-refractivity contribution >= 4 is 83.8 Å². The molecule has 3 fully saturated rings. The number of carbonyl (C=O) groups is 1. The number of thiophene rings is 1. The second-order valence-corrected chi connectivity index (χ2v) is 15.6. The molecule has 0 bridgehead atoms. The molecule has 3 aliphatic rings. The quantitative estimate of drug-likeness (QED) is 0.170. The Balaban J connectivity index is 0.000000416. The van der Waals surface area contributed by atoms with Gasteiger partial charge in [0.2, 0.25) is 0 Å². The van der Waals surface area contributed by atoms with Crippen LogP contribution >= 0.6 is 22.9 Å². The molecule has 2 aromatic carbocycles. The van der Waals surface area contributed by atoms with Gasteiger partial charge in [0.25, 0.3) is 0 Å². The van der Waals surface area contributed by atoms with Crippen LogP contribution in [0.5, 0.6) is 6.01 Å². The number of nitriles is 1. The molecule has 56 heavy (non-hydrogen) atoms. The van der Waals surface area contributed by atoms with E-state index in [0.29, 0.717) is 36.9 Å². The second kappa shape index (κ2) is 18.1. The van der Waals surface area contributed by atoms with Crippen molar-refractivity contribution in [1.29, 1.82) is 5.26 Å². The van der Waals surface area contributed by atoms with Crippen molar-refractivity contribution in [2.45, 2.75) is 68.6 Å². The molecule has 12 nitrogen and oxygen atoms in total. The van der Waals surface area contributed by atoms with Crippen molar-refractivity contribution in [3.8, 4) is 23.2 Å². The SMILES string of the molecule is COc1nc(N2CCCC(CC(C)N(C)C(=O)n3cncn3)C2)c2cc(Cl)c(-c3ccc(F)c4sc(N)c(C#N)c34)c(F)c2n1.FC1CC2CCCN2C1.[CH3][Sb]. The number of ether oxygens (including phenoxy) is 1. The normalized spacial score (nSPS) is 19.8. The molecule has 5 aromatic rings. The summed E-state index contributed by atoms with van der Waals surface area (Å²) in [5.74, 6) is -0.651. The van der Waals surface area contributed by atoms with Crippen LogP contribution in [0.4, 0.5) is 28.8 Å². The van der Waals surface area contributed by atoms with Gasteiger partial charge in [-0.25, -0.2) is 22.9 Å². The van der Waals surface area contributed by atoms with Gasteiger partial charge in [-0.3, -0.25) is 4.90 Å². The van der Waals surface area contributed by atoms with Gasteiger partial charge in [-0.2, -0.15) is 25.0 Å². The topological polar surface area (TPSA) is 142 Å². The Kier molecular flexibility index (Phi) is 13.5. The number of aromatic nitrogens is 5. The van der Waals surface area contributed by atoms with Crippen LogP contribution < -0.4 is 15.4 Å². The van der Waals surface area contributed by atoms with Crippen LogP contribution in [0.15, 0.2) is 30.9 Å². The van der Waals surface area contributed by atoms with E-state index in [1.807, 2.05) is 13.0 Å². The fraction of sp³-hybridized carbons (Fsp3) is 0.474. The van der Waals surface area contributed by atoms with Crippen LogP contribution in [-0.2, 0) is 0 Å². The number of amides is 1. The third kappa shape index (κ3) is 8.37. The number of benzene rings is 2. The summed E-state index contributed by atoms with van der Waals surface area (Å²) in [6.45, 7) is 5.10. The number of nitrogen functional groups attached to an aromatic ring is 1. The van der Waals surface area contributed by atoms with Crippen LogP contribution in [0.1, 0.15) is 51.0 Å². The summed E-state index contributed by atoms with van der Waals surface area (Å²) in [5, 5.41) is 14.5. The molecule has 3 saturated heterocycles. The summed E-state index contributed by atoms with van der Waals surface area (Å²) >= 11 is 9.45. The van der Waals surface area contributed by atoms with Gasteiger partial charge in [-0.05, 0) is 75.6 Å². The third-order valence-electron chi connectivity index (χ3n) is 10.8. The maximum atomic E-state index is 16.6. The van der Waals surface area contributed by atoms with Gasteiger partial charge < -0.3 is 20.3 Å². The number of anilines is 2. The fourth-order valence-corrected chi connectivity index (χ4v) is 9.27. The van der Waals surface area contributed by atoms with Crippen molar-refractivity contribution in [2.24, 2.45) is 5.92 Å². The standard InChI is InChI=1S/C30H28ClF2N9O2S.C7H12FN.CH3.Sb/c1-15(40(2)30(43)42-14-36-13-37-42)9-16-5-4-8-41(12-16)28-18-10-20(31)23(24(33)25(18)38-29(39-28)44-3)17-6-7-21(32)26-22(17)19(11-34)27(35)45-26;8-6-4-7-2-1-3-9(7)5-6;;/h6-7,10,13-16H,4-5,8-9,12,35H2,1-3H3;6-7H,1-5H2;1H3;. The molecule has 6 heterocycles. The number of rotatable bonds is 6. The van der Waals surface area contributed by atoms with Crippen LogP contribution in [0.2, 0.25) is 9.89 Å². The van der Waals surface area contributed by atoms with Gasteiger partial charge in [0, 0.05) is 55.1 Å². The first-order chi connectivity index (χ1) is 27.0. The van der Waals surface area contributed by atoms with E-state index in [1.165, 1.54) is 49.4 Å². The summed E-state index contributed by atoms with van der Waals surface area (Å²) < 4.78 is 50.6. The Morgan fingerprint density at radius 2 is 1.98 bits per heavy atom.